The average molecular weight is 528 g/mol. The summed E-state index contributed by atoms with van der Waals surface area (Å²) < 4.78 is 6.28. The molecule has 9 heteroatoms. The third-order valence-electron chi connectivity index (χ3n) is 6.57. The van der Waals surface area contributed by atoms with Crippen molar-refractivity contribution in [3.8, 4) is 11.3 Å². The summed E-state index contributed by atoms with van der Waals surface area (Å²) in [6.07, 6.45) is 1.72. The maximum absolute atomic E-state index is 11.6. The van der Waals surface area contributed by atoms with Gasteiger partial charge in [-0.25, -0.2) is 9.59 Å². The molecule has 38 heavy (non-hydrogen) atoms. The number of thiocarbonyl (C=S) groups is 1. The number of pyridine rings is 1. The fourth-order valence-corrected chi connectivity index (χ4v) is 4.97. The molecule has 0 aliphatic carbocycles. The van der Waals surface area contributed by atoms with Crippen molar-refractivity contribution in [2.75, 3.05) is 4.90 Å². The van der Waals surface area contributed by atoms with Gasteiger partial charge in [-0.2, -0.15) is 0 Å². The van der Waals surface area contributed by atoms with Gasteiger partial charge in [0, 0.05) is 17.4 Å². The Labute approximate surface area is 224 Å². The van der Waals surface area contributed by atoms with E-state index in [2.05, 4.69) is 36.3 Å². The van der Waals surface area contributed by atoms with Crippen LogP contribution in [0.15, 0.2) is 83.4 Å². The van der Waals surface area contributed by atoms with Crippen molar-refractivity contribution in [2.45, 2.75) is 31.8 Å². The zero-order valence-corrected chi connectivity index (χ0v) is 21.5. The van der Waals surface area contributed by atoms with Crippen LogP contribution in [-0.4, -0.2) is 32.2 Å². The molecule has 2 atom stereocenters. The number of anilines is 1. The number of carboxylic acid groups (broad SMARTS) is 2. The van der Waals surface area contributed by atoms with E-state index in [4.69, 9.17) is 16.6 Å². The lowest BCUT2D eigenvalue weighted by Gasteiger charge is -2.26. The Morgan fingerprint density at radius 1 is 0.974 bits per heavy atom. The number of benzene rings is 2. The molecule has 4 aromatic rings. The third kappa shape index (κ3) is 4.76. The Balaban J connectivity index is 1.60. The first-order chi connectivity index (χ1) is 18.2. The van der Waals surface area contributed by atoms with E-state index in [0.29, 0.717) is 28.1 Å². The molecule has 2 aromatic carbocycles. The van der Waals surface area contributed by atoms with Crippen LogP contribution in [0.3, 0.4) is 0 Å². The topological polar surface area (TPSA) is 116 Å². The first-order valence-corrected chi connectivity index (χ1v) is 12.5. The molecule has 1 fully saturated rings. The number of carbonyl (C=O) groups is 2. The summed E-state index contributed by atoms with van der Waals surface area (Å²) in [6.45, 7) is 4.27. The maximum atomic E-state index is 11.6. The zero-order valence-electron chi connectivity index (χ0n) is 20.7. The van der Waals surface area contributed by atoms with Crippen molar-refractivity contribution >= 4 is 35.0 Å². The van der Waals surface area contributed by atoms with Gasteiger partial charge in [0.1, 0.15) is 17.6 Å². The van der Waals surface area contributed by atoms with Crippen molar-refractivity contribution in [1.82, 2.24) is 10.3 Å². The van der Waals surface area contributed by atoms with Crippen LogP contribution in [0.4, 0.5) is 5.69 Å². The predicted molar refractivity (Wildman–Crippen MR) is 147 cm³/mol. The number of rotatable bonds is 7. The van der Waals surface area contributed by atoms with Gasteiger partial charge in [0.15, 0.2) is 5.11 Å². The van der Waals surface area contributed by atoms with E-state index in [0.717, 1.165) is 17.4 Å². The van der Waals surface area contributed by atoms with Crippen molar-refractivity contribution in [1.29, 1.82) is 0 Å². The second kappa shape index (κ2) is 10.1. The smallest absolute Gasteiger partial charge is 0.335 e. The summed E-state index contributed by atoms with van der Waals surface area (Å²) in [7, 11) is 0. The first kappa shape index (κ1) is 25.2. The lowest BCUT2D eigenvalue weighted by molar-refractivity contribution is 0.0696. The molecule has 1 saturated heterocycles. The number of nitrogens with one attached hydrogen (secondary N) is 1. The minimum atomic E-state index is -1.22. The monoisotopic (exact) mass is 527 g/mol. The minimum absolute atomic E-state index is 0.139. The van der Waals surface area contributed by atoms with E-state index < -0.39 is 18.0 Å². The van der Waals surface area contributed by atoms with E-state index in [9.17, 15) is 19.8 Å². The van der Waals surface area contributed by atoms with E-state index >= 15 is 0 Å². The van der Waals surface area contributed by atoms with E-state index in [1.54, 1.807) is 18.3 Å². The van der Waals surface area contributed by atoms with Gasteiger partial charge in [-0.3, -0.25) is 4.98 Å². The van der Waals surface area contributed by atoms with Gasteiger partial charge in [-0.15, -0.1) is 0 Å². The van der Waals surface area contributed by atoms with Crippen LogP contribution < -0.4 is 10.2 Å². The van der Waals surface area contributed by atoms with Crippen LogP contribution in [0.5, 0.6) is 0 Å². The van der Waals surface area contributed by atoms with Gasteiger partial charge in [-0.1, -0.05) is 32.0 Å². The molecule has 2 unspecified atom stereocenters. The molecular weight excluding hydrogens is 502 g/mol. The number of nitrogens with zero attached hydrogens (tertiary/aromatic N) is 2. The molecule has 3 N–H and O–H groups in total. The van der Waals surface area contributed by atoms with Gasteiger partial charge < -0.3 is 24.8 Å². The Morgan fingerprint density at radius 2 is 1.66 bits per heavy atom. The molecule has 0 amide bonds. The molecule has 5 rings (SSSR count). The Hall–Kier alpha value is -4.50. The highest BCUT2D eigenvalue weighted by Gasteiger charge is 2.42. The first-order valence-electron chi connectivity index (χ1n) is 12.1. The van der Waals surface area contributed by atoms with Gasteiger partial charge in [0.05, 0.1) is 22.9 Å². The van der Waals surface area contributed by atoms with Gasteiger partial charge >= 0.3 is 11.9 Å². The molecule has 8 nitrogen and oxygen atoms in total. The van der Waals surface area contributed by atoms with E-state index in [1.165, 1.54) is 17.7 Å². The van der Waals surface area contributed by atoms with Gasteiger partial charge in [-0.05, 0) is 78.3 Å². The van der Waals surface area contributed by atoms with E-state index in [1.807, 2.05) is 35.2 Å². The largest absolute Gasteiger partial charge is 0.478 e. The number of aromatic nitrogens is 1. The normalized spacial score (nSPS) is 17.0. The highest BCUT2D eigenvalue weighted by atomic mass is 32.1. The average Bonchev–Trinajstić information content (AvgIpc) is 3.53. The second-order valence-corrected chi connectivity index (χ2v) is 9.74. The second-order valence-electron chi connectivity index (χ2n) is 9.35. The highest BCUT2D eigenvalue weighted by Crippen LogP contribution is 2.43. The molecule has 0 saturated carbocycles. The molecule has 0 radical (unpaired) electrons. The van der Waals surface area contributed by atoms with Crippen molar-refractivity contribution in [2.24, 2.45) is 0 Å². The zero-order chi connectivity index (χ0) is 27.0. The molecule has 0 spiro atoms. The Kier molecular flexibility index (Phi) is 6.69. The highest BCUT2D eigenvalue weighted by molar-refractivity contribution is 7.80. The molecule has 2 aromatic heterocycles. The summed E-state index contributed by atoms with van der Waals surface area (Å²) in [6, 6.07) is 20.6. The van der Waals surface area contributed by atoms with Crippen LogP contribution in [0.2, 0.25) is 0 Å². The fraction of sp³-hybridized carbons (Fsp3) is 0.172. The SMILES string of the molecule is CC(C)c1ccc(N2C(=S)NC(c3ccccn3)C2c2ccc(-c3cc(C(=O)O)cc(C(=O)O)c3)o2)cc1. The quantitative estimate of drug-likeness (QED) is 0.247. The lowest BCUT2D eigenvalue weighted by atomic mass is 10.0. The summed E-state index contributed by atoms with van der Waals surface area (Å²) in [4.78, 5) is 29.8. The lowest BCUT2D eigenvalue weighted by Crippen LogP contribution is -2.29. The standard InChI is InChI=1S/C29H25N3O5S/c1-16(2)17-6-8-21(9-7-17)32-26(25(31-29(32)38)22-5-3-4-12-30-22)24-11-10-23(37-24)18-13-19(27(33)34)15-20(14-18)28(35)36/h3-16,25-26H,1-2H3,(H,31,38)(H,33,34)(H,35,36). The van der Waals surface area contributed by atoms with E-state index in [-0.39, 0.29) is 17.2 Å². The van der Waals surface area contributed by atoms with Crippen molar-refractivity contribution in [3.05, 3.63) is 107 Å². The van der Waals surface area contributed by atoms with Crippen LogP contribution in [-0.2, 0) is 0 Å². The van der Waals surface area contributed by atoms with Crippen LogP contribution in [0.1, 0.15) is 69.6 Å². The molecule has 1 aliphatic heterocycles. The summed E-state index contributed by atoms with van der Waals surface area (Å²) in [5.74, 6) is -1.16. The number of carboxylic acids is 2. The van der Waals surface area contributed by atoms with Crippen molar-refractivity contribution in [3.63, 3.8) is 0 Å². The molecule has 3 heterocycles. The number of aromatic carboxylic acids is 2. The number of hydrogen-bond acceptors (Lipinski definition) is 5. The molecular formula is C29H25N3O5S. The Morgan fingerprint density at radius 3 is 2.24 bits per heavy atom. The molecule has 0 bridgehead atoms. The summed E-state index contributed by atoms with van der Waals surface area (Å²) in [5, 5.41) is 22.9. The number of hydrogen-bond donors (Lipinski definition) is 3. The Bertz CT molecular complexity index is 1480. The van der Waals surface area contributed by atoms with Crippen LogP contribution >= 0.6 is 12.2 Å². The third-order valence-corrected chi connectivity index (χ3v) is 6.88. The molecule has 192 valence electrons. The predicted octanol–water partition coefficient (Wildman–Crippen LogP) is 6.04. The maximum Gasteiger partial charge on any atom is 0.335 e. The van der Waals surface area contributed by atoms with Crippen LogP contribution in [0.25, 0.3) is 11.3 Å². The van der Waals surface area contributed by atoms with Gasteiger partial charge in [0.2, 0.25) is 0 Å². The minimum Gasteiger partial charge on any atom is -0.478 e. The summed E-state index contributed by atoms with van der Waals surface area (Å²) in [5.41, 5.74) is 2.94. The summed E-state index contributed by atoms with van der Waals surface area (Å²) >= 11 is 5.77. The van der Waals surface area contributed by atoms with Gasteiger partial charge in [0.25, 0.3) is 0 Å². The molecule has 1 aliphatic rings. The number of furan rings is 1. The fourth-order valence-electron chi connectivity index (χ4n) is 4.63. The van der Waals surface area contributed by atoms with Crippen LogP contribution in [0, 0.1) is 0 Å². The van der Waals surface area contributed by atoms with Crippen molar-refractivity contribution < 1.29 is 24.2 Å².